The Morgan fingerprint density at radius 2 is 2.10 bits per heavy atom. The highest BCUT2D eigenvalue weighted by Gasteiger charge is 2.22. The molecule has 1 aromatic carbocycles. The van der Waals surface area contributed by atoms with Gasteiger partial charge in [0.2, 0.25) is 11.7 Å². The van der Waals surface area contributed by atoms with Crippen LogP contribution in [0.4, 0.5) is 0 Å². The first-order valence-corrected chi connectivity index (χ1v) is 9.42. The Morgan fingerprint density at radius 3 is 2.79 bits per heavy atom. The number of likely N-dealkylation sites (tertiary alicyclic amines) is 1. The topological polar surface area (TPSA) is 98.4 Å². The molecule has 0 N–H and O–H groups in total. The van der Waals surface area contributed by atoms with E-state index in [1.807, 2.05) is 23.1 Å². The van der Waals surface area contributed by atoms with E-state index in [1.165, 1.54) is 0 Å². The highest BCUT2D eigenvalue weighted by Crippen LogP contribution is 2.21. The van der Waals surface area contributed by atoms with Crippen LogP contribution >= 0.6 is 0 Å². The van der Waals surface area contributed by atoms with E-state index in [9.17, 15) is 9.59 Å². The van der Waals surface area contributed by atoms with Gasteiger partial charge in [0.05, 0.1) is 5.56 Å². The van der Waals surface area contributed by atoms with Crippen LogP contribution in [0, 0.1) is 0 Å². The molecule has 29 heavy (non-hydrogen) atoms. The summed E-state index contributed by atoms with van der Waals surface area (Å²) < 4.78 is 10.7. The molecule has 0 aliphatic carbocycles. The van der Waals surface area contributed by atoms with Gasteiger partial charge in [0.15, 0.2) is 6.10 Å². The standard InChI is InChI=1S/C21H20N4O4/c1-14(20-23-19(24-29-20)17-4-2-10-22-12-17)28-21(27)16-8-6-15(7-9-16)13-25-11-3-5-18(25)26/h2,4,6-10,12,14H,3,5,11,13H2,1H3/t14-/m0/s1. The van der Waals surface area contributed by atoms with E-state index in [2.05, 4.69) is 15.1 Å². The molecule has 4 rings (SSSR count). The predicted octanol–water partition coefficient (Wildman–Crippen LogP) is 3.17. The molecule has 0 spiro atoms. The number of nitrogens with zero attached hydrogens (tertiary/aromatic N) is 4. The van der Waals surface area contributed by atoms with Crippen molar-refractivity contribution in [2.24, 2.45) is 0 Å². The van der Waals surface area contributed by atoms with Gasteiger partial charge >= 0.3 is 5.97 Å². The van der Waals surface area contributed by atoms with E-state index >= 15 is 0 Å². The quantitative estimate of drug-likeness (QED) is 0.594. The van der Waals surface area contributed by atoms with Crippen molar-refractivity contribution in [1.82, 2.24) is 20.0 Å². The van der Waals surface area contributed by atoms with Crippen molar-refractivity contribution in [3.63, 3.8) is 0 Å². The first-order valence-electron chi connectivity index (χ1n) is 9.42. The summed E-state index contributed by atoms with van der Waals surface area (Å²) in [6.45, 7) is 3.01. The van der Waals surface area contributed by atoms with Crippen molar-refractivity contribution >= 4 is 11.9 Å². The van der Waals surface area contributed by atoms with Gasteiger partial charge in [-0.1, -0.05) is 17.3 Å². The van der Waals surface area contributed by atoms with Gasteiger partial charge < -0.3 is 14.2 Å². The second-order valence-corrected chi connectivity index (χ2v) is 6.86. The van der Waals surface area contributed by atoms with Crippen LogP contribution in [-0.2, 0) is 16.1 Å². The zero-order valence-corrected chi connectivity index (χ0v) is 15.9. The number of carbonyl (C=O) groups excluding carboxylic acids is 2. The second-order valence-electron chi connectivity index (χ2n) is 6.86. The third kappa shape index (κ3) is 4.31. The number of ether oxygens (including phenoxy) is 1. The number of esters is 1. The lowest BCUT2D eigenvalue weighted by atomic mass is 10.1. The van der Waals surface area contributed by atoms with Crippen molar-refractivity contribution in [1.29, 1.82) is 0 Å². The summed E-state index contributed by atoms with van der Waals surface area (Å²) in [7, 11) is 0. The molecule has 1 fully saturated rings. The van der Waals surface area contributed by atoms with Gasteiger partial charge in [0, 0.05) is 37.5 Å². The number of benzene rings is 1. The zero-order valence-electron chi connectivity index (χ0n) is 15.9. The Bertz CT molecular complexity index is 1000. The number of amides is 1. The summed E-state index contributed by atoms with van der Waals surface area (Å²) in [5.74, 6) is 0.285. The van der Waals surface area contributed by atoms with Gasteiger partial charge in [-0.15, -0.1) is 0 Å². The number of hydrogen-bond acceptors (Lipinski definition) is 7. The van der Waals surface area contributed by atoms with Crippen molar-refractivity contribution in [3.8, 4) is 11.4 Å². The van der Waals surface area contributed by atoms with Crippen LogP contribution in [-0.4, -0.2) is 38.4 Å². The summed E-state index contributed by atoms with van der Waals surface area (Å²) in [4.78, 5) is 34.3. The molecule has 0 unspecified atom stereocenters. The second kappa shape index (κ2) is 8.22. The molecule has 1 amide bonds. The van der Waals surface area contributed by atoms with E-state index in [1.54, 1.807) is 37.5 Å². The van der Waals surface area contributed by atoms with Gasteiger partial charge in [0.1, 0.15) is 0 Å². The van der Waals surface area contributed by atoms with Crippen LogP contribution in [0.5, 0.6) is 0 Å². The van der Waals surface area contributed by atoms with Gasteiger partial charge in [-0.25, -0.2) is 4.79 Å². The molecule has 8 heteroatoms. The first kappa shape index (κ1) is 18.8. The lowest BCUT2D eigenvalue weighted by Crippen LogP contribution is -2.23. The average Bonchev–Trinajstić information content (AvgIpc) is 3.39. The van der Waals surface area contributed by atoms with Gasteiger partial charge in [-0.2, -0.15) is 4.98 Å². The summed E-state index contributed by atoms with van der Waals surface area (Å²) in [5.41, 5.74) is 2.11. The van der Waals surface area contributed by atoms with E-state index in [0.717, 1.165) is 18.5 Å². The number of pyridine rings is 1. The molecule has 1 aliphatic rings. The van der Waals surface area contributed by atoms with Gasteiger partial charge in [-0.05, 0) is 43.2 Å². The maximum Gasteiger partial charge on any atom is 0.338 e. The SMILES string of the molecule is C[C@H](OC(=O)c1ccc(CN2CCCC2=O)cc1)c1nc(-c2cccnc2)no1. The van der Waals surface area contributed by atoms with E-state index < -0.39 is 12.1 Å². The molecule has 1 atom stereocenters. The molecule has 0 radical (unpaired) electrons. The Balaban J connectivity index is 1.37. The highest BCUT2D eigenvalue weighted by molar-refractivity contribution is 5.89. The number of rotatable bonds is 6. The van der Waals surface area contributed by atoms with E-state index in [4.69, 9.17) is 9.26 Å². The minimum atomic E-state index is -0.692. The smallest absolute Gasteiger partial charge is 0.338 e. The number of aromatic nitrogens is 3. The largest absolute Gasteiger partial charge is 0.449 e. The van der Waals surface area contributed by atoms with E-state index in [-0.39, 0.29) is 11.8 Å². The fourth-order valence-corrected chi connectivity index (χ4v) is 3.13. The van der Waals surface area contributed by atoms with Crippen molar-refractivity contribution in [2.75, 3.05) is 6.54 Å². The van der Waals surface area contributed by atoms with Crippen molar-refractivity contribution < 1.29 is 18.8 Å². The molecular formula is C21H20N4O4. The molecule has 0 bridgehead atoms. The van der Waals surface area contributed by atoms with Crippen LogP contribution in [0.25, 0.3) is 11.4 Å². The predicted molar refractivity (Wildman–Crippen MR) is 102 cm³/mol. The monoisotopic (exact) mass is 392 g/mol. The van der Waals surface area contributed by atoms with Crippen molar-refractivity contribution in [2.45, 2.75) is 32.4 Å². The Kier molecular flexibility index (Phi) is 5.33. The summed E-state index contributed by atoms with van der Waals surface area (Å²) in [6, 6.07) is 10.6. The van der Waals surface area contributed by atoms with Gasteiger partial charge in [-0.3, -0.25) is 9.78 Å². The Hall–Kier alpha value is -3.55. The molecule has 1 saturated heterocycles. The molecule has 148 valence electrons. The summed E-state index contributed by atoms with van der Waals surface area (Å²) in [5, 5.41) is 3.90. The molecule has 1 aliphatic heterocycles. The molecule has 0 saturated carbocycles. The fraction of sp³-hybridized carbons (Fsp3) is 0.286. The minimum absolute atomic E-state index is 0.174. The maximum atomic E-state index is 12.4. The minimum Gasteiger partial charge on any atom is -0.449 e. The average molecular weight is 392 g/mol. The lowest BCUT2D eigenvalue weighted by molar-refractivity contribution is -0.128. The molecule has 2 aromatic heterocycles. The Morgan fingerprint density at radius 1 is 1.28 bits per heavy atom. The van der Waals surface area contributed by atoms with Crippen LogP contribution < -0.4 is 0 Å². The van der Waals surface area contributed by atoms with Crippen molar-refractivity contribution in [3.05, 3.63) is 65.8 Å². The molecular weight excluding hydrogens is 372 g/mol. The summed E-state index contributed by atoms with van der Waals surface area (Å²) in [6.07, 6.45) is 4.10. The molecule has 3 heterocycles. The lowest BCUT2D eigenvalue weighted by Gasteiger charge is -2.15. The molecule has 8 nitrogen and oxygen atoms in total. The zero-order chi connectivity index (χ0) is 20.2. The number of hydrogen-bond donors (Lipinski definition) is 0. The summed E-state index contributed by atoms with van der Waals surface area (Å²) >= 11 is 0. The van der Waals surface area contributed by atoms with Crippen LogP contribution in [0.3, 0.4) is 0 Å². The normalized spacial score (nSPS) is 14.8. The third-order valence-electron chi connectivity index (χ3n) is 4.73. The van der Waals surface area contributed by atoms with Crippen LogP contribution in [0.15, 0.2) is 53.3 Å². The van der Waals surface area contributed by atoms with Crippen LogP contribution in [0.1, 0.15) is 47.7 Å². The highest BCUT2D eigenvalue weighted by atomic mass is 16.6. The first-order chi connectivity index (χ1) is 14.1. The van der Waals surface area contributed by atoms with Gasteiger partial charge in [0.25, 0.3) is 5.89 Å². The van der Waals surface area contributed by atoms with E-state index in [0.29, 0.717) is 29.9 Å². The van der Waals surface area contributed by atoms with Crippen LogP contribution in [0.2, 0.25) is 0 Å². The maximum absolute atomic E-state index is 12.4. The fourth-order valence-electron chi connectivity index (χ4n) is 3.13. The Labute approximate surface area is 167 Å². The number of carbonyl (C=O) groups is 2. The molecule has 3 aromatic rings. The third-order valence-corrected chi connectivity index (χ3v) is 4.73.